The minimum Gasteiger partial charge on any atom is -0.493 e. The van der Waals surface area contributed by atoms with E-state index in [0.717, 1.165) is 124 Å². The van der Waals surface area contributed by atoms with Crippen LogP contribution in [0, 0.1) is 0 Å². The number of thiol groups is 4. The molecule has 0 aliphatic rings. The van der Waals surface area contributed by atoms with E-state index in [4.69, 9.17) is 9.47 Å². The second-order valence-corrected chi connectivity index (χ2v) is 14.3. The minimum absolute atomic E-state index is 0.361. The van der Waals surface area contributed by atoms with Crippen LogP contribution in [0.15, 0.2) is 36.7 Å². The molecule has 0 spiro atoms. The molecule has 0 aromatic carbocycles. The molecular formula is C36H56N2O4S4. The maximum atomic E-state index is 12.2. The van der Waals surface area contributed by atoms with Gasteiger partial charge in [0.15, 0.2) is 0 Å². The number of pyridine rings is 2. The number of Topliss-reactive ketones (excluding diaryl/α,β-unsaturated/α-hetero) is 2. The molecule has 10 heteroatoms. The fourth-order valence-corrected chi connectivity index (χ4v) is 6.76. The number of hydrogen-bond acceptors (Lipinski definition) is 10. The first-order valence-corrected chi connectivity index (χ1v) is 19.5. The van der Waals surface area contributed by atoms with Crippen LogP contribution >= 0.6 is 50.5 Å². The van der Waals surface area contributed by atoms with Crippen LogP contribution in [0.4, 0.5) is 0 Å². The number of unbranched alkanes of at least 4 members (excludes halogenated alkanes) is 6. The van der Waals surface area contributed by atoms with Crippen LogP contribution in [0.2, 0.25) is 0 Å². The van der Waals surface area contributed by atoms with Gasteiger partial charge in [-0.25, -0.2) is 0 Å². The largest absolute Gasteiger partial charge is 0.493 e. The molecule has 0 bridgehead atoms. The molecule has 6 nitrogen and oxygen atoms in total. The van der Waals surface area contributed by atoms with E-state index in [1.54, 1.807) is 12.4 Å². The van der Waals surface area contributed by atoms with Gasteiger partial charge in [0.1, 0.15) is 23.1 Å². The van der Waals surface area contributed by atoms with Gasteiger partial charge in [-0.05, 0) is 101 Å². The summed E-state index contributed by atoms with van der Waals surface area (Å²) in [5.41, 5.74) is 1.46. The molecule has 0 amide bonds. The molecule has 2 aromatic rings. The molecule has 0 saturated heterocycles. The summed E-state index contributed by atoms with van der Waals surface area (Å²) in [5.74, 6) is 3.96. The summed E-state index contributed by atoms with van der Waals surface area (Å²) in [6.07, 6.45) is 19.9. The van der Waals surface area contributed by atoms with Crippen molar-refractivity contribution < 1.29 is 19.1 Å². The summed E-state index contributed by atoms with van der Waals surface area (Å²) in [4.78, 5) is 33.3. The summed E-state index contributed by atoms with van der Waals surface area (Å²) < 4.78 is 11.9. The molecule has 0 fully saturated rings. The zero-order valence-electron chi connectivity index (χ0n) is 27.5. The number of ether oxygens (including phenoxy) is 2. The minimum atomic E-state index is 0.361. The van der Waals surface area contributed by atoms with E-state index < -0.39 is 0 Å². The van der Waals surface area contributed by atoms with Gasteiger partial charge >= 0.3 is 0 Å². The third-order valence-electron chi connectivity index (χ3n) is 7.87. The fraction of sp³-hybridized carbons (Fsp3) is 0.667. The first-order valence-electron chi connectivity index (χ1n) is 17.2. The maximum Gasteiger partial charge on any atom is 0.132 e. The van der Waals surface area contributed by atoms with Gasteiger partial charge < -0.3 is 9.47 Å². The van der Waals surface area contributed by atoms with Gasteiger partial charge in [-0.3, -0.25) is 19.6 Å². The van der Waals surface area contributed by atoms with E-state index in [1.165, 1.54) is 0 Å². The van der Waals surface area contributed by atoms with Crippen LogP contribution in [0.5, 0.6) is 11.5 Å². The van der Waals surface area contributed by atoms with Crippen molar-refractivity contribution in [1.29, 1.82) is 0 Å². The van der Waals surface area contributed by atoms with Gasteiger partial charge in [-0.1, -0.05) is 12.8 Å². The lowest BCUT2D eigenvalue weighted by Gasteiger charge is -2.10. The SMILES string of the molecule is O=C(CCCCCOc1ccnc(-c2cc(OCCCCCC(=O)CCCCC(S)CCS)ccn2)c1)CCCCC(S)CCS. The third-order valence-corrected chi connectivity index (χ3v) is 9.42. The molecule has 0 aliphatic heterocycles. The number of rotatable bonds is 29. The Hall–Kier alpha value is -1.36. The Morgan fingerprint density at radius 3 is 1.35 bits per heavy atom. The van der Waals surface area contributed by atoms with E-state index >= 15 is 0 Å². The summed E-state index contributed by atoms with van der Waals surface area (Å²) >= 11 is 17.6. The Bertz CT molecular complexity index is 1020. The Labute approximate surface area is 300 Å². The van der Waals surface area contributed by atoms with E-state index in [9.17, 15) is 9.59 Å². The van der Waals surface area contributed by atoms with Crippen molar-refractivity contribution in [3.63, 3.8) is 0 Å². The number of carbonyl (C=O) groups excluding carboxylic acids is 2. The summed E-state index contributed by atoms with van der Waals surface area (Å²) in [7, 11) is 0. The second-order valence-electron chi connectivity index (χ2n) is 12.0. The zero-order chi connectivity index (χ0) is 33.2. The normalized spacial score (nSPS) is 12.5. The number of carbonyl (C=O) groups is 2. The van der Waals surface area contributed by atoms with Crippen LogP contribution in [-0.4, -0.2) is 56.8 Å². The first kappa shape index (κ1) is 40.8. The molecule has 0 radical (unpaired) electrons. The summed E-state index contributed by atoms with van der Waals surface area (Å²) in [6.45, 7) is 1.20. The standard InChI is InChI=1S/C36H56N2O4S4/c39-29(13-5-7-15-33(45)19-25-43)11-3-1-9-23-41-31-17-21-37-35(27-31)36-28-32(18-22-38-36)42-24-10-2-4-12-30(40)14-6-8-16-34(46)20-26-44/h17-18,21-22,27-28,33-34,43-46H,1-16,19-20,23-26H2. The van der Waals surface area contributed by atoms with Crippen molar-refractivity contribution in [2.24, 2.45) is 0 Å². The molecule has 0 aliphatic carbocycles. The predicted octanol–water partition coefficient (Wildman–Crippen LogP) is 9.52. The van der Waals surface area contributed by atoms with Gasteiger partial charge in [0, 0.05) is 60.7 Å². The van der Waals surface area contributed by atoms with Crippen LogP contribution in [-0.2, 0) is 9.59 Å². The molecule has 258 valence electrons. The molecule has 2 atom stereocenters. The lowest BCUT2D eigenvalue weighted by molar-refractivity contribution is -0.120. The lowest BCUT2D eigenvalue weighted by Crippen LogP contribution is -2.02. The van der Waals surface area contributed by atoms with Crippen LogP contribution in [0.1, 0.15) is 116 Å². The average Bonchev–Trinajstić information content (AvgIpc) is 3.05. The van der Waals surface area contributed by atoms with Crippen LogP contribution in [0.25, 0.3) is 11.4 Å². The van der Waals surface area contributed by atoms with Crippen molar-refractivity contribution in [3.8, 4) is 22.9 Å². The summed E-state index contributed by atoms with van der Waals surface area (Å²) in [5, 5.41) is 0.798. The Kier molecular flexibility index (Phi) is 23.6. The van der Waals surface area contributed by atoms with Gasteiger partial charge in [0.05, 0.1) is 24.6 Å². The van der Waals surface area contributed by atoms with E-state index in [-0.39, 0.29) is 0 Å². The number of aromatic nitrogens is 2. The Morgan fingerprint density at radius 1 is 0.565 bits per heavy atom. The monoisotopic (exact) mass is 708 g/mol. The molecule has 0 N–H and O–H groups in total. The van der Waals surface area contributed by atoms with Gasteiger partial charge in [-0.2, -0.15) is 50.5 Å². The van der Waals surface area contributed by atoms with Gasteiger partial charge in [-0.15, -0.1) is 0 Å². The topological polar surface area (TPSA) is 78.4 Å². The highest BCUT2D eigenvalue weighted by Gasteiger charge is 2.08. The molecule has 46 heavy (non-hydrogen) atoms. The molecule has 0 saturated carbocycles. The van der Waals surface area contributed by atoms with E-state index in [2.05, 4.69) is 60.5 Å². The summed E-state index contributed by atoms with van der Waals surface area (Å²) in [6, 6.07) is 7.51. The predicted molar refractivity (Wildman–Crippen MR) is 205 cm³/mol. The Balaban J connectivity index is 1.58. The quantitative estimate of drug-likeness (QED) is 0.0498. The third kappa shape index (κ3) is 20.1. The van der Waals surface area contributed by atoms with E-state index in [1.807, 2.05) is 24.3 Å². The van der Waals surface area contributed by atoms with Crippen molar-refractivity contribution in [3.05, 3.63) is 36.7 Å². The highest BCUT2D eigenvalue weighted by atomic mass is 32.1. The smallest absolute Gasteiger partial charge is 0.132 e. The first-order chi connectivity index (χ1) is 22.4. The number of ketones is 2. The Morgan fingerprint density at radius 2 is 0.957 bits per heavy atom. The van der Waals surface area contributed by atoms with Crippen LogP contribution in [0.3, 0.4) is 0 Å². The van der Waals surface area contributed by atoms with Gasteiger partial charge in [0.25, 0.3) is 0 Å². The van der Waals surface area contributed by atoms with Crippen molar-refractivity contribution >= 4 is 62.1 Å². The highest BCUT2D eigenvalue weighted by Crippen LogP contribution is 2.24. The zero-order valence-corrected chi connectivity index (χ0v) is 31.1. The molecular weight excluding hydrogens is 653 g/mol. The second kappa shape index (κ2) is 26.6. The van der Waals surface area contributed by atoms with Crippen LogP contribution < -0.4 is 9.47 Å². The fourth-order valence-electron chi connectivity index (χ4n) is 5.11. The maximum absolute atomic E-state index is 12.2. The van der Waals surface area contributed by atoms with E-state index in [0.29, 0.717) is 61.0 Å². The van der Waals surface area contributed by atoms with Crippen molar-refractivity contribution in [1.82, 2.24) is 9.97 Å². The van der Waals surface area contributed by atoms with Crippen molar-refractivity contribution in [2.45, 2.75) is 126 Å². The lowest BCUT2D eigenvalue weighted by atomic mass is 10.0. The highest BCUT2D eigenvalue weighted by molar-refractivity contribution is 7.81. The number of hydrogen-bond donors (Lipinski definition) is 4. The molecule has 2 heterocycles. The molecule has 2 rings (SSSR count). The van der Waals surface area contributed by atoms with Crippen molar-refractivity contribution in [2.75, 3.05) is 24.7 Å². The average molecular weight is 709 g/mol. The molecule has 2 aromatic heterocycles. The number of nitrogens with zero attached hydrogens (tertiary/aromatic N) is 2. The van der Waals surface area contributed by atoms with Gasteiger partial charge in [0.2, 0.25) is 0 Å². The molecule has 2 unspecified atom stereocenters.